The molecule has 7 rings (SSSR count). The van der Waals surface area contributed by atoms with Gasteiger partial charge in [-0.15, -0.1) is 0 Å². The third-order valence-corrected chi connectivity index (χ3v) is 6.94. The minimum atomic E-state index is 1.27. The first-order chi connectivity index (χ1) is 14.6. The van der Waals surface area contributed by atoms with E-state index in [0.29, 0.717) is 0 Å². The summed E-state index contributed by atoms with van der Waals surface area (Å²) in [4.78, 5) is 0. The maximum atomic E-state index is 2.37. The molecule has 0 unspecified atom stereocenters. The van der Waals surface area contributed by atoms with Gasteiger partial charge in [0.15, 0.2) is 0 Å². The number of hydrogen-bond acceptors (Lipinski definition) is 0. The fraction of sp³-hybridized carbons (Fsp3) is 0.111. The van der Waals surface area contributed by atoms with E-state index in [1.54, 1.807) is 0 Å². The van der Waals surface area contributed by atoms with Crippen LogP contribution in [0.1, 0.15) is 0 Å². The Hall–Kier alpha value is -3.72. The second kappa shape index (κ2) is 5.25. The number of fused-ring (bicyclic) bond motifs is 9. The highest BCUT2D eigenvalue weighted by atomic mass is 14.9. The number of aromatic nitrogens is 3. The molecular formula is C27H21N3. The van der Waals surface area contributed by atoms with Crippen LogP contribution in [0.2, 0.25) is 0 Å². The first-order valence-electron chi connectivity index (χ1n) is 10.4. The smallest absolute Gasteiger partial charge is 0.0484 e. The normalized spacial score (nSPS) is 12.5. The molecule has 0 saturated heterocycles. The minimum Gasteiger partial charge on any atom is -0.351 e. The van der Waals surface area contributed by atoms with Crippen molar-refractivity contribution in [1.29, 1.82) is 0 Å². The van der Waals surface area contributed by atoms with Crippen molar-refractivity contribution in [2.45, 2.75) is 0 Å². The lowest BCUT2D eigenvalue weighted by Crippen LogP contribution is -1.90. The van der Waals surface area contributed by atoms with Crippen LogP contribution in [0, 0.1) is 0 Å². The van der Waals surface area contributed by atoms with E-state index in [-0.39, 0.29) is 0 Å². The van der Waals surface area contributed by atoms with Crippen LogP contribution < -0.4 is 0 Å². The van der Waals surface area contributed by atoms with E-state index in [2.05, 4.69) is 108 Å². The first-order valence-corrected chi connectivity index (χ1v) is 10.4. The zero-order valence-corrected chi connectivity index (χ0v) is 17.3. The lowest BCUT2D eigenvalue weighted by Gasteiger charge is -2.13. The highest BCUT2D eigenvalue weighted by Crippen LogP contribution is 2.40. The molecule has 3 nitrogen and oxygen atoms in total. The zero-order valence-electron chi connectivity index (χ0n) is 17.3. The van der Waals surface area contributed by atoms with E-state index in [0.717, 1.165) is 0 Å². The van der Waals surface area contributed by atoms with Crippen molar-refractivity contribution < 1.29 is 0 Å². The average Bonchev–Trinajstić information content (AvgIpc) is 3.43. The molecule has 4 aromatic carbocycles. The highest BCUT2D eigenvalue weighted by molar-refractivity contribution is 6.30. The first kappa shape index (κ1) is 16.1. The van der Waals surface area contributed by atoms with Gasteiger partial charge in [0.05, 0.1) is 0 Å². The fourth-order valence-electron chi connectivity index (χ4n) is 5.29. The highest BCUT2D eigenvalue weighted by Gasteiger charge is 2.14. The van der Waals surface area contributed by atoms with E-state index in [9.17, 15) is 0 Å². The summed E-state index contributed by atoms with van der Waals surface area (Å²) < 4.78 is 6.64. The molecule has 0 aliphatic heterocycles. The van der Waals surface area contributed by atoms with Crippen molar-refractivity contribution in [2.75, 3.05) is 0 Å². The van der Waals surface area contributed by atoms with Crippen molar-refractivity contribution in [2.24, 2.45) is 21.1 Å². The summed E-state index contributed by atoms with van der Waals surface area (Å²) in [6, 6.07) is 20.9. The monoisotopic (exact) mass is 387 g/mol. The molecule has 0 atom stereocenters. The number of rotatable bonds is 0. The maximum absolute atomic E-state index is 2.37. The van der Waals surface area contributed by atoms with Gasteiger partial charge in [0.1, 0.15) is 0 Å². The summed E-state index contributed by atoms with van der Waals surface area (Å²) >= 11 is 0. The Morgan fingerprint density at radius 3 is 0.967 bits per heavy atom. The fourth-order valence-corrected chi connectivity index (χ4v) is 5.29. The quantitative estimate of drug-likeness (QED) is 0.260. The second-order valence-electron chi connectivity index (χ2n) is 8.65. The van der Waals surface area contributed by atoms with Crippen molar-refractivity contribution in [3.8, 4) is 0 Å². The lowest BCUT2D eigenvalue weighted by molar-refractivity contribution is 0.969. The molecule has 0 spiro atoms. The van der Waals surface area contributed by atoms with Crippen LogP contribution in [0.25, 0.3) is 65.0 Å². The summed E-state index contributed by atoms with van der Waals surface area (Å²) in [5.41, 5.74) is 3.82. The predicted molar refractivity (Wildman–Crippen MR) is 128 cm³/mol. The Bertz CT molecular complexity index is 1820. The Balaban J connectivity index is 1.84. The minimum absolute atomic E-state index is 1.27. The van der Waals surface area contributed by atoms with Crippen LogP contribution in [0.4, 0.5) is 0 Å². The molecule has 30 heavy (non-hydrogen) atoms. The van der Waals surface area contributed by atoms with Gasteiger partial charge in [0.25, 0.3) is 0 Å². The Labute approximate surface area is 173 Å². The van der Waals surface area contributed by atoms with Gasteiger partial charge < -0.3 is 13.7 Å². The number of benzene rings is 4. The molecule has 0 amide bonds. The SMILES string of the molecule is Cn1ccc2cc3c4cc5ccn(C)c5cc4c4cc5c(ccn5C)cc4c3cc21. The summed E-state index contributed by atoms with van der Waals surface area (Å²) in [6.07, 6.45) is 6.45. The molecule has 0 fully saturated rings. The lowest BCUT2D eigenvalue weighted by atomic mass is 9.92. The van der Waals surface area contributed by atoms with Crippen LogP contribution in [0.3, 0.4) is 0 Å². The molecule has 0 radical (unpaired) electrons. The third kappa shape index (κ3) is 1.90. The van der Waals surface area contributed by atoms with Gasteiger partial charge in [0.2, 0.25) is 0 Å². The third-order valence-electron chi connectivity index (χ3n) is 6.94. The Morgan fingerprint density at radius 1 is 0.400 bits per heavy atom. The van der Waals surface area contributed by atoms with Crippen molar-refractivity contribution in [3.63, 3.8) is 0 Å². The van der Waals surface area contributed by atoms with Crippen LogP contribution in [-0.4, -0.2) is 13.7 Å². The van der Waals surface area contributed by atoms with E-state index in [1.165, 1.54) is 65.0 Å². The van der Waals surface area contributed by atoms with E-state index >= 15 is 0 Å². The van der Waals surface area contributed by atoms with Gasteiger partial charge in [-0.1, -0.05) is 0 Å². The number of hydrogen-bond donors (Lipinski definition) is 0. The second-order valence-corrected chi connectivity index (χ2v) is 8.65. The molecule has 3 aromatic heterocycles. The standard InChI is InChI=1S/C27H21N3/c1-28-7-4-16-10-19-20-11-17-5-8-29(2)26(17)14-23(20)24-15-27-18(6-9-30(27)3)12-21(24)22(19)13-25(16)28/h4-15H,1-3H3. The molecule has 0 aliphatic carbocycles. The Morgan fingerprint density at radius 2 is 0.667 bits per heavy atom. The van der Waals surface area contributed by atoms with Gasteiger partial charge in [0, 0.05) is 72.4 Å². The molecule has 144 valence electrons. The van der Waals surface area contributed by atoms with E-state index < -0.39 is 0 Å². The van der Waals surface area contributed by atoms with Crippen LogP contribution in [-0.2, 0) is 21.1 Å². The van der Waals surface area contributed by atoms with Gasteiger partial charge in [-0.3, -0.25) is 0 Å². The average molecular weight is 387 g/mol. The molecule has 0 saturated carbocycles. The summed E-state index contributed by atoms with van der Waals surface area (Å²) in [7, 11) is 6.38. The molecule has 0 N–H and O–H groups in total. The molecule has 0 aliphatic rings. The van der Waals surface area contributed by atoms with Crippen molar-refractivity contribution in [3.05, 3.63) is 73.2 Å². The summed E-state index contributed by atoms with van der Waals surface area (Å²) in [5.74, 6) is 0. The summed E-state index contributed by atoms with van der Waals surface area (Å²) in [6.45, 7) is 0. The van der Waals surface area contributed by atoms with Crippen LogP contribution in [0.15, 0.2) is 73.2 Å². The zero-order chi connectivity index (χ0) is 20.1. The van der Waals surface area contributed by atoms with Crippen molar-refractivity contribution >= 4 is 65.0 Å². The van der Waals surface area contributed by atoms with Crippen molar-refractivity contribution in [1.82, 2.24) is 13.7 Å². The summed E-state index contributed by atoms with van der Waals surface area (Å²) in [5, 5.41) is 11.8. The topological polar surface area (TPSA) is 14.8 Å². The molecule has 3 heteroatoms. The molecule has 7 aromatic rings. The number of nitrogens with zero attached hydrogens (tertiary/aromatic N) is 3. The molecular weight excluding hydrogens is 366 g/mol. The van der Waals surface area contributed by atoms with Crippen LogP contribution in [0.5, 0.6) is 0 Å². The van der Waals surface area contributed by atoms with Gasteiger partial charge in [-0.25, -0.2) is 0 Å². The molecule has 0 bridgehead atoms. The Kier molecular flexibility index (Phi) is 2.82. The molecule has 3 heterocycles. The predicted octanol–water partition coefficient (Wildman–Crippen LogP) is 6.62. The number of aryl methyl sites for hydroxylation is 3. The van der Waals surface area contributed by atoms with E-state index in [4.69, 9.17) is 0 Å². The van der Waals surface area contributed by atoms with Gasteiger partial charge >= 0.3 is 0 Å². The van der Waals surface area contributed by atoms with Gasteiger partial charge in [-0.2, -0.15) is 0 Å². The maximum Gasteiger partial charge on any atom is 0.0484 e. The van der Waals surface area contributed by atoms with E-state index in [1.807, 2.05) is 0 Å². The van der Waals surface area contributed by atoms with Crippen LogP contribution >= 0.6 is 0 Å². The van der Waals surface area contributed by atoms with Gasteiger partial charge in [-0.05, 0) is 86.9 Å². The largest absolute Gasteiger partial charge is 0.351 e.